The van der Waals surface area contributed by atoms with E-state index in [-0.39, 0.29) is 6.29 Å². The highest BCUT2D eigenvalue weighted by molar-refractivity contribution is 6.24. The second-order valence-corrected chi connectivity index (χ2v) is 3.18. The lowest BCUT2D eigenvalue weighted by atomic mass is 10.0. The maximum atomic E-state index is 11.3. The van der Waals surface area contributed by atoms with Gasteiger partial charge in [0, 0.05) is 6.54 Å². The molecule has 1 heterocycles. The summed E-state index contributed by atoms with van der Waals surface area (Å²) >= 11 is 0. The standard InChI is InChI=1S/C9H13NO4/c1-14-9(13)7-4-2-3-5-10(7)8(12)6-11/h6-7H,2-5H2,1H3. The smallest absolute Gasteiger partial charge is 0.328 e. The normalized spacial score (nSPS) is 21.5. The molecule has 0 aromatic heterocycles. The molecule has 0 N–H and O–H groups in total. The van der Waals surface area contributed by atoms with E-state index >= 15 is 0 Å². The molecule has 78 valence electrons. The van der Waals surface area contributed by atoms with Crippen molar-refractivity contribution in [2.75, 3.05) is 13.7 Å². The number of ether oxygens (including phenoxy) is 1. The summed E-state index contributed by atoms with van der Waals surface area (Å²) in [5.41, 5.74) is 0. The third-order valence-corrected chi connectivity index (χ3v) is 2.36. The Morgan fingerprint density at radius 2 is 2.14 bits per heavy atom. The van der Waals surface area contributed by atoms with Crippen molar-refractivity contribution in [3.05, 3.63) is 0 Å². The number of esters is 1. The number of carbonyl (C=O) groups is 3. The van der Waals surface area contributed by atoms with Crippen LogP contribution in [0.15, 0.2) is 0 Å². The summed E-state index contributed by atoms with van der Waals surface area (Å²) in [7, 11) is 1.28. The van der Waals surface area contributed by atoms with Crippen molar-refractivity contribution in [1.82, 2.24) is 4.90 Å². The van der Waals surface area contributed by atoms with Crippen molar-refractivity contribution in [2.24, 2.45) is 0 Å². The molecule has 0 aliphatic carbocycles. The van der Waals surface area contributed by atoms with Crippen LogP contribution in [-0.2, 0) is 19.1 Å². The Kier molecular flexibility index (Phi) is 3.62. The Morgan fingerprint density at radius 1 is 1.43 bits per heavy atom. The van der Waals surface area contributed by atoms with Gasteiger partial charge in [0.2, 0.25) is 6.29 Å². The summed E-state index contributed by atoms with van der Waals surface area (Å²) in [5, 5.41) is 0. The van der Waals surface area contributed by atoms with Crippen LogP contribution < -0.4 is 0 Å². The number of aldehydes is 1. The second-order valence-electron chi connectivity index (χ2n) is 3.18. The first-order valence-corrected chi connectivity index (χ1v) is 4.54. The third-order valence-electron chi connectivity index (χ3n) is 2.36. The monoisotopic (exact) mass is 199 g/mol. The lowest BCUT2D eigenvalue weighted by Gasteiger charge is -2.32. The number of carbonyl (C=O) groups excluding carboxylic acids is 3. The van der Waals surface area contributed by atoms with E-state index in [2.05, 4.69) is 4.74 Å². The van der Waals surface area contributed by atoms with Crippen molar-refractivity contribution in [3.8, 4) is 0 Å². The minimum Gasteiger partial charge on any atom is -0.467 e. The number of methoxy groups -OCH3 is 1. The third kappa shape index (κ3) is 2.10. The molecular formula is C9H13NO4. The van der Waals surface area contributed by atoms with Crippen LogP contribution >= 0.6 is 0 Å². The van der Waals surface area contributed by atoms with Gasteiger partial charge in [-0.2, -0.15) is 0 Å². The topological polar surface area (TPSA) is 63.7 Å². The van der Waals surface area contributed by atoms with Gasteiger partial charge in [-0.1, -0.05) is 0 Å². The van der Waals surface area contributed by atoms with Crippen LogP contribution in [0.1, 0.15) is 19.3 Å². The average Bonchev–Trinajstić information content (AvgIpc) is 2.27. The van der Waals surface area contributed by atoms with Crippen molar-refractivity contribution < 1.29 is 19.1 Å². The summed E-state index contributed by atoms with van der Waals surface area (Å²) in [6.07, 6.45) is 2.52. The van der Waals surface area contributed by atoms with Crippen molar-refractivity contribution in [1.29, 1.82) is 0 Å². The molecule has 0 aromatic rings. The molecule has 0 radical (unpaired) electrons. The lowest BCUT2D eigenvalue weighted by molar-refractivity contribution is -0.155. The maximum Gasteiger partial charge on any atom is 0.328 e. The number of nitrogens with zero attached hydrogens (tertiary/aromatic N) is 1. The number of hydrogen-bond acceptors (Lipinski definition) is 4. The fourth-order valence-corrected chi connectivity index (χ4v) is 1.64. The number of amides is 1. The zero-order valence-electron chi connectivity index (χ0n) is 8.06. The number of hydrogen-bond donors (Lipinski definition) is 0. The molecule has 1 rings (SSSR count). The summed E-state index contributed by atoms with van der Waals surface area (Å²) in [4.78, 5) is 34.0. The fourth-order valence-electron chi connectivity index (χ4n) is 1.64. The molecule has 5 nitrogen and oxygen atoms in total. The molecule has 0 aromatic carbocycles. The van der Waals surface area contributed by atoms with E-state index in [9.17, 15) is 14.4 Å². The van der Waals surface area contributed by atoms with E-state index in [0.717, 1.165) is 12.8 Å². The van der Waals surface area contributed by atoms with E-state index in [4.69, 9.17) is 0 Å². The van der Waals surface area contributed by atoms with Gasteiger partial charge in [-0.15, -0.1) is 0 Å². The van der Waals surface area contributed by atoms with Crippen LogP contribution in [0.5, 0.6) is 0 Å². The molecule has 1 fully saturated rings. The first-order valence-electron chi connectivity index (χ1n) is 4.54. The number of likely N-dealkylation sites (tertiary alicyclic amines) is 1. The van der Waals surface area contributed by atoms with Crippen LogP contribution in [0.25, 0.3) is 0 Å². The first-order chi connectivity index (χ1) is 6.70. The maximum absolute atomic E-state index is 11.3. The van der Waals surface area contributed by atoms with Gasteiger partial charge in [0.25, 0.3) is 5.91 Å². The fraction of sp³-hybridized carbons (Fsp3) is 0.667. The van der Waals surface area contributed by atoms with Gasteiger partial charge in [0.15, 0.2) is 0 Å². The predicted molar refractivity (Wildman–Crippen MR) is 47.4 cm³/mol. The van der Waals surface area contributed by atoms with Gasteiger partial charge < -0.3 is 9.64 Å². The van der Waals surface area contributed by atoms with E-state index in [1.165, 1.54) is 12.0 Å². The lowest BCUT2D eigenvalue weighted by Crippen LogP contribution is -2.48. The molecule has 1 amide bonds. The zero-order chi connectivity index (χ0) is 10.6. The van der Waals surface area contributed by atoms with Crippen LogP contribution in [0, 0.1) is 0 Å². The second kappa shape index (κ2) is 4.74. The van der Waals surface area contributed by atoms with Gasteiger partial charge in [-0.25, -0.2) is 4.79 Å². The highest BCUT2D eigenvalue weighted by Crippen LogP contribution is 2.17. The van der Waals surface area contributed by atoms with E-state index in [0.29, 0.717) is 13.0 Å². The van der Waals surface area contributed by atoms with Crippen LogP contribution in [0.2, 0.25) is 0 Å². The summed E-state index contributed by atoms with van der Waals surface area (Å²) in [5.74, 6) is -1.08. The Morgan fingerprint density at radius 3 is 2.71 bits per heavy atom. The van der Waals surface area contributed by atoms with Gasteiger partial charge in [-0.05, 0) is 19.3 Å². The van der Waals surface area contributed by atoms with E-state index in [1.807, 2.05) is 0 Å². The molecular weight excluding hydrogens is 186 g/mol. The Hall–Kier alpha value is -1.39. The molecule has 0 bridgehead atoms. The Labute approximate surface area is 82.0 Å². The van der Waals surface area contributed by atoms with Crippen molar-refractivity contribution >= 4 is 18.2 Å². The van der Waals surface area contributed by atoms with E-state index < -0.39 is 17.9 Å². The Balaban J connectivity index is 2.73. The first kappa shape index (κ1) is 10.7. The molecule has 14 heavy (non-hydrogen) atoms. The molecule has 1 atom stereocenters. The molecule has 0 saturated carbocycles. The van der Waals surface area contributed by atoms with Gasteiger partial charge in [0.1, 0.15) is 6.04 Å². The van der Waals surface area contributed by atoms with Gasteiger partial charge in [-0.3, -0.25) is 9.59 Å². The molecule has 1 unspecified atom stereocenters. The number of piperidine rings is 1. The van der Waals surface area contributed by atoms with Crippen molar-refractivity contribution in [2.45, 2.75) is 25.3 Å². The van der Waals surface area contributed by atoms with Gasteiger partial charge in [0.05, 0.1) is 7.11 Å². The minimum atomic E-state index is -0.639. The molecule has 1 aliphatic heterocycles. The highest BCUT2D eigenvalue weighted by atomic mass is 16.5. The van der Waals surface area contributed by atoms with Crippen molar-refractivity contribution in [3.63, 3.8) is 0 Å². The highest BCUT2D eigenvalue weighted by Gasteiger charge is 2.32. The predicted octanol–water partition coefficient (Wildman–Crippen LogP) is -0.261. The minimum absolute atomic E-state index is 0.237. The van der Waals surface area contributed by atoms with E-state index in [1.54, 1.807) is 0 Å². The average molecular weight is 199 g/mol. The van der Waals surface area contributed by atoms with Crippen LogP contribution in [0.3, 0.4) is 0 Å². The largest absolute Gasteiger partial charge is 0.467 e. The molecule has 5 heteroatoms. The number of rotatable bonds is 2. The Bertz CT molecular complexity index is 251. The zero-order valence-corrected chi connectivity index (χ0v) is 8.06. The van der Waals surface area contributed by atoms with Crippen LogP contribution in [0.4, 0.5) is 0 Å². The summed E-state index contributed by atoms with van der Waals surface area (Å²) in [6, 6.07) is -0.577. The molecule has 1 saturated heterocycles. The molecule has 1 aliphatic rings. The summed E-state index contributed by atoms with van der Waals surface area (Å²) in [6.45, 7) is 0.456. The SMILES string of the molecule is COC(=O)C1CCCCN1C(=O)C=O. The quantitative estimate of drug-likeness (QED) is 0.349. The van der Waals surface area contributed by atoms with Gasteiger partial charge >= 0.3 is 5.97 Å². The molecule has 0 spiro atoms. The summed E-state index contributed by atoms with van der Waals surface area (Å²) < 4.78 is 4.57. The van der Waals surface area contributed by atoms with Crippen LogP contribution in [-0.4, -0.2) is 42.8 Å².